The first-order chi connectivity index (χ1) is 12.9. The fourth-order valence-electron chi connectivity index (χ4n) is 3.28. The van der Waals surface area contributed by atoms with Gasteiger partial charge in [0.2, 0.25) is 5.13 Å². The van der Waals surface area contributed by atoms with E-state index in [1.165, 1.54) is 34.4 Å². The van der Waals surface area contributed by atoms with E-state index in [9.17, 15) is 19.1 Å². The normalized spacial score (nSPS) is 21.0. The van der Waals surface area contributed by atoms with Gasteiger partial charge in [0.15, 0.2) is 0 Å². The average Bonchev–Trinajstić information content (AvgIpc) is 3.53. The third-order valence-electron chi connectivity index (χ3n) is 4.96. The Bertz CT molecular complexity index is 898. The van der Waals surface area contributed by atoms with Crippen LogP contribution in [0.3, 0.4) is 0 Å². The first kappa shape index (κ1) is 17.8. The summed E-state index contributed by atoms with van der Waals surface area (Å²) in [4.78, 5) is 25.4. The molecule has 0 spiro atoms. The third-order valence-corrected chi connectivity index (χ3v) is 5.71. The molecule has 2 saturated carbocycles. The Morgan fingerprint density at radius 3 is 2.78 bits per heavy atom. The Kier molecular flexibility index (Phi) is 4.55. The van der Waals surface area contributed by atoms with Crippen molar-refractivity contribution in [3.05, 3.63) is 40.2 Å². The van der Waals surface area contributed by atoms with Crippen molar-refractivity contribution in [3.8, 4) is 0 Å². The first-order valence-corrected chi connectivity index (χ1v) is 9.64. The Morgan fingerprint density at radius 1 is 1.37 bits per heavy atom. The highest BCUT2D eigenvalue weighted by atomic mass is 32.1. The molecule has 7 nitrogen and oxygen atoms in total. The van der Waals surface area contributed by atoms with Crippen LogP contribution in [-0.4, -0.2) is 44.8 Å². The van der Waals surface area contributed by atoms with Crippen molar-refractivity contribution in [3.63, 3.8) is 0 Å². The molecule has 2 atom stereocenters. The van der Waals surface area contributed by atoms with E-state index < -0.39 is 17.8 Å². The number of anilines is 1. The van der Waals surface area contributed by atoms with E-state index >= 15 is 0 Å². The molecule has 2 aromatic rings. The lowest BCUT2D eigenvalue weighted by Crippen LogP contribution is -2.34. The standard InChI is InChI=1S/C18H19FN4O3S/c1-9-21-22-17(27-9)20-16(24)11-4-5-14(19)12(6-11)13-7-15(13)23(18(25)26)8-10-2-3-10/h4-6,10,13,15H,2-3,7-8H2,1H3,(H,25,26)(H,20,22,24). The van der Waals surface area contributed by atoms with Crippen LogP contribution >= 0.6 is 11.3 Å². The summed E-state index contributed by atoms with van der Waals surface area (Å²) < 4.78 is 14.3. The SMILES string of the molecule is Cc1nnc(NC(=O)c2ccc(F)c(C3CC3N(CC3CC3)C(=O)O)c2)s1. The zero-order valence-electron chi connectivity index (χ0n) is 14.7. The second kappa shape index (κ2) is 6.88. The van der Waals surface area contributed by atoms with Crippen molar-refractivity contribution in [2.24, 2.45) is 5.92 Å². The molecule has 2 aliphatic rings. The summed E-state index contributed by atoms with van der Waals surface area (Å²) in [5.74, 6) is -0.587. The molecule has 0 aliphatic heterocycles. The molecule has 1 aromatic carbocycles. The van der Waals surface area contributed by atoms with Crippen molar-refractivity contribution in [1.82, 2.24) is 15.1 Å². The van der Waals surface area contributed by atoms with Gasteiger partial charge >= 0.3 is 6.09 Å². The number of halogens is 1. The lowest BCUT2D eigenvalue weighted by molar-refractivity contribution is 0.102. The minimum Gasteiger partial charge on any atom is -0.465 e. The highest BCUT2D eigenvalue weighted by molar-refractivity contribution is 7.15. The van der Waals surface area contributed by atoms with Gasteiger partial charge in [-0.2, -0.15) is 0 Å². The van der Waals surface area contributed by atoms with Crippen molar-refractivity contribution in [2.45, 2.75) is 38.1 Å². The van der Waals surface area contributed by atoms with Crippen LogP contribution in [0.5, 0.6) is 0 Å². The summed E-state index contributed by atoms with van der Waals surface area (Å²) in [5.41, 5.74) is 0.706. The third kappa shape index (κ3) is 3.92. The van der Waals surface area contributed by atoms with Gasteiger partial charge in [-0.15, -0.1) is 10.2 Å². The number of nitrogens with zero attached hydrogens (tertiary/aromatic N) is 3. The van der Waals surface area contributed by atoms with E-state index in [-0.39, 0.29) is 12.0 Å². The maximum atomic E-state index is 14.3. The summed E-state index contributed by atoms with van der Waals surface area (Å²) >= 11 is 1.26. The lowest BCUT2D eigenvalue weighted by Gasteiger charge is -2.19. The zero-order valence-corrected chi connectivity index (χ0v) is 15.5. The van der Waals surface area contributed by atoms with E-state index in [1.54, 1.807) is 6.92 Å². The van der Waals surface area contributed by atoms with Crippen LogP contribution < -0.4 is 5.32 Å². The molecule has 0 bridgehead atoms. The van der Waals surface area contributed by atoms with E-state index in [2.05, 4.69) is 15.5 Å². The van der Waals surface area contributed by atoms with Gasteiger partial charge in [0.1, 0.15) is 10.8 Å². The van der Waals surface area contributed by atoms with Crippen molar-refractivity contribution >= 4 is 28.5 Å². The molecule has 1 aromatic heterocycles. The monoisotopic (exact) mass is 390 g/mol. The second-order valence-electron chi connectivity index (χ2n) is 7.10. The average molecular weight is 390 g/mol. The summed E-state index contributed by atoms with van der Waals surface area (Å²) in [5, 5.41) is 20.9. The topological polar surface area (TPSA) is 95.4 Å². The molecular weight excluding hydrogens is 371 g/mol. The van der Waals surface area contributed by atoms with Gasteiger partial charge in [-0.25, -0.2) is 9.18 Å². The molecule has 2 amide bonds. The predicted octanol–water partition coefficient (Wildman–Crippen LogP) is 3.48. The number of aromatic nitrogens is 2. The fourth-order valence-corrected chi connectivity index (χ4v) is 3.87. The van der Waals surface area contributed by atoms with Gasteiger partial charge in [0.05, 0.1) is 0 Å². The van der Waals surface area contributed by atoms with Crippen LogP contribution in [0.15, 0.2) is 18.2 Å². The minimum atomic E-state index is -0.963. The Labute approximate surface area is 159 Å². The molecule has 142 valence electrons. The number of carboxylic acid groups (broad SMARTS) is 1. The summed E-state index contributed by atoms with van der Waals surface area (Å²) in [6, 6.07) is 3.97. The number of amides is 2. The Hall–Kier alpha value is -2.55. The number of carbonyl (C=O) groups excluding carboxylic acids is 1. The van der Waals surface area contributed by atoms with Gasteiger partial charge in [-0.3, -0.25) is 10.1 Å². The first-order valence-electron chi connectivity index (χ1n) is 8.83. The smallest absolute Gasteiger partial charge is 0.407 e. The highest BCUT2D eigenvalue weighted by Crippen LogP contribution is 2.47. The maximum Gasteiger partial charge on any atom is 0.407 e. The van der Waals surface area contributed by atoms with Gasteiger partial charge in [0, 0.05) is 24.1 Å². The number of hydrogen-bond donors (Lipinski definition) is 2. The quantitative estimate of drug-likeness (QED) is 0.787. The molecule has 2 unspecified atom stereocenters. The van der Waals surface area contributed by atoms with Crippen LogP contribution in [-0.2, 0) is 0 Å². The van der Waals surface area contributed by atoms with Gasteiger partial charge < -0.3 is 10.0 Å². The van der Waals surface area contributed by atoms with Crippen LogP contribution in [0, 0.1) is 18.7 Å². The van der Waals surface area contributed by atoms with Gasteiger partial charge in [-0.05, 0) is 55.9 Å². The molecule has 4 rings (SSSR count). The molecular formula is C18H19FN4O3S. The molecule has 2 N–H and O–H groups in total. The van der Waals surface area contributed by atoms with Crippen molar-refractivity contribution < 1.29 is 19.1 Å². The van der Waals surface area contributed by atoms with E-state index in [0.29, 0.717) is 35.1 Å². The van der Waals surface area contributed by atoms with Crippen LogP contribution in [0.1, 0.15) is 46.1 Å². The van der Waals surface area contributed by atoms with E-state index in [0.717, 1.165) is 17.8 Å². The molecule has 2 fully saturated rings. The molecule has 1 heterocycles. The Balaban J connectivity index is 1.49. The van der Waals surface area contributed by atoms with Crippen LogP contribution in [0.2, 0.25) is 0 Å². The van der Waals surface area contributed by atoms with Gasteiger partial charge in [0.25, 0.3) is 5.91 Å². The highest BCUT2D eigenvalue weighted by Gasteiger charge is 2.47. The Morgan fingerprint density at radius 2 is 2.15 bits per heavy atom. The lowest BCUT2D eigenvalue weighted by atomic mass is 10.1. The van der Waals surface area contributed by atoms with Crippen molar-refractivity contribution in [2.75, 3.05) is 11.9 Å². The van der Waals surface area contributed by atoms with E-state index in [1.807, 2.05) is 0 Å². The van der Waals surface area contributed by atoms with E-state index in [4.69, 9.17) is 0 Å². The molecule has 0 radical (unpaired) electrons. The largest absolute Gasteiger partial charge is 0.465 e. The molecule has 9 heteroatoms. The maximum absolute atomic E-state index is 14.3. The number of carbonyl (C=O) groups is 2. The second-order valence-corrected chi connectivity index (χ2v) is 8.29. The fraction of sp³-hybridized carbons (Fsp3) is 0.444. The summed E-state index contributed by atoms with van der Waals surface area (Å²) in [7, 11) is 0. The molecule has 27 heavy (non-hydrogen) atoms. The van der Waals surface area contributed by atoms with Crippen LogP contribution in [0.4, 0.5) is 14.3 Å². The number of rotatable bonds is 6. The summed E-state index contributed by atoms with van der Waals surface area (Å²) in [6.45, 7) is 2.29. The predicted molar refractivity (Wildman–Crippen MR) is 97.6 cm³/mol. The molecule has 0 saturated heterocycles. The van der Waals surface area contributed by atoms with Gasteiger partial charge in [-0.1, -0.05) is 11.3 Å². The number of aryl methyl sites for hydroxylation is 1. The minimum absolute atomic E-state index is 0.212. The number of nitrogens with one attached hydrogen (secondary N) is 1. The molecule has 2 aliphatic carbocycles. The number of benzene rings is 1. The van der Waals surface area contributed by atoms with Crippen LogP contribution in [0.25, 0.3) is 0 Å². The summed E-state index contributed by atoms with van der Waals surface area (Å²) in [6.07, 6.45) is 1.72. The number of hydrogen-bond acceptors (Lipinski definition) is 5. The zero-order chi connectivity index (χ0) is 19.1. The van der Waals surface area contributed by atoms with Crippen molar-refractivity contribution in [1.29, 1.82) is 0 Å².